The average Bonchev–Trinajstić information content (AvgIpc) is 3.74. The molecule has 3 aromatic heterocycles. The number of hydrogen-bond acceptors (Lipinski definition) is 4. The van der Waals surface area contributed by atoms with Gasteiger partial charge in [-0.25, -0.2) is 4.98 Å². The summed E-state index contributed by atoms with van der Waals surface area (Å²) in [5, 5.41) is 3.46. The minimum Gasteiger partial charge on any atom is -0.437 e. The lowest BCUT2D eigenvalue weighted by atomic mass is 9.78. The van der Waals surface area contributed by atoms with Gasteiger partial charge in [-0.1, -0.05) is 109 Å². The summed E-state index contributed by atoms with van der Waals surface area (Å²) in [7, 11) is 0. The van der Waals surface area contributed by atoms with Crippen LogP contribution in [0.15, 0.2) is 137 Å². The summed E-state index contributed by atoms with van der Waals surface area (Å²) in [6.07, 6.45) is 0. The number of aromatic nitrogens is 3. The molecule has 1 aliphatic carbocycles. The van der Waals surface area contributed by atoms with E-state index in [4.69, 9.17) is 14.4 Å². The van der Waals surface area contributed by atoms with E-state index in [9.17, 15) is 0 Å². The summed E-state index contributed by atoms with van der Waals surface area (Å²) in [6.45, 7) is 0. The van der Waals surface area contributed by atoms with Crippen molar-refractivity contribution >= 4 is 44.7 Å². The van der Waals surface area contributed by atoms with Gasteiger partial charge in [0.25, 0.3) is 0 Å². The first kappa shape index (κ1) is 23.4. The molecule has 0 saturated heterocycles. The van der Waals surface area contributed by atoms with Crippen molar-refractivity contribution in [3.63, 3.8) is 0 Å². The zero-order chi connectivity index (χ0) is 28.1. The lowest BCUT2D eigenvalue weighted by Crippen LogP contribution is -2.17. The molecule has 10 rings (SSSR count). The number of nitrogens with zero attached hydrogens (tertiary/aromatic N) is 3. The number of thioether (sulfide) groups is 1. The smallest absolute Gasteiger partial charge is 0.238 e. The standard InChI is InChI=1S/C38H23N3OS/c1-2-12-22(13-3-1)34-32-26-17-7-10-20-29(26)42-37(32)40-38(39-34)41-28-19-9-6-16-25(28)31-23-14-4-5-15-24(23)36-33(35(31)41)27-18-8-11-21-30(27)43-36/h1-21,33,36H. The van der Waals surface area contributed by atoms with E-state index in [0.717, 1.165) is 33.1 Å². The largest absolute Gasteiger partial charge is 0.437 e. The van der Waals surface area contributed by atoms with Crippen LogP contribution in [0.2, 0.25) is 0 Å². The molecular formula is C38H23N3OS. The van der Waals surface area contributed by atoms with Crippen LogP contribution in [-0.4, -0.2) is 14.5 Å². The molecule has 1 aliphatic heterocycles. The predicted octanol–water partition coefficient (Wildman–Crippen LogP) is 9.95. The summed E-state index contributed by atoms with van der Waals surface area (Å²) < 4.78 is 8.76. The topological polar surface area (TPSA) is 43.9 Å². The van der Waals surface area contributed by atoms with Gasteiger partial charge in [-0.3, -0.25) is 4.57 Å². The Morgan fingerprint density at radius 2 is 1.37 bits per heavy atom. The maximum atomic E-state index is 6.44. The quantitative estimate of drug-likeness (QED) is 0.208. The number of benzene rings is 5. The van der Waals surface area contributed by atoms with Crippen molar-refractivity contribution in [3.8, 4) is 28.3 Å². The highest BCUT2D eigenvalue weighted by atomic mass is 32.2. The summed E-state index contributed by atoms with van der Waals surface area (Å²) >= 11 is 1.97. The minimum absolute atomic E-state index is 0.161. The molecular weight excluding hydrogens is 547 g/mol. The first-order valence-electron chi connectivity index (χ1n) is 14.6. The fraction of sp³-hybridized carbons (Fsp3) is 0.0526. The second-order valence-electron chi connectivity index (χ2n) is 11.3. The third-order valence-corrected chi connectivity index (χ3v) is 10.4. The Hall–Kier alpha value is -5.13. The summed E-state index contributed by atoms with van der Waals surface area (Å²) in [5.41, 5.74) is 11.0. The van der Waals surface area contributed by atoms with E-state index < -0.39 is 0 Å². The zero-order valence-corrected chi connectivity index (χ0v) is 23.8. The molecule has 5 aromatic carbocycles. The molecule has 4 nitrogen and oxygen atoms in total. The molecule has 202 valence electrons. The van der Waals surface area contributed by atoms with Crippen LogP contribution in [-0.2, 0) is 0 Å². The number of fused-ring (bicyclic) bond motifs is 13. The summed E-state index contributed by atoms with van der Waals surface area (Å²) in [5.74, 6) is 0.795. The molecule has 0 bridgehead atoms. The molecule has 2 unspecified atom stereocenters. The van der Waals surface area contributed by atoms with Crippen LogP contribution >= 0.6 is 11.8 Å². The maximum absolute atomic E-state index is 6.44. The monoisotopic (exact) mass is 569 g/mol. The van der Waals surface area contributed by atoms with Gasteiger partial charge in [0.05, 0.1) is 16.6 Å². The average molecular weight is 570 g/mol. The Morgan fingerprint density at radius 1 is 0.651 bits per heavy atom. The molecule has 5 heteroatoms. The highest BCUT2D eigenvalue weighted by molar-refractivity contribution is 8.00. The molecule has 0 N–H and O–H groups in total. The van der Waals surface area contributed by atoms with Gasteiger partial charge < -0.3 is 4.42 Å². The second kappa shape index (κ2) is 8.69. The number of rotatable bonds is 2. The van der Waals surface area contributed by atoms with Crippen LogP contribution < -0.4 is 0 Å². The Bertz CT molecular complexity index is 2400. The molecule has 0 fully saturated rings. The number of para-hydroxylation sites is 2. The highest BCUT2D eigenvalue weighted by Crippen LogP contribution is 2.63. The van der Waals surface area contributed by atoms with Gasteiger partial charge in [-0.2, -0.15) is 4.98 Å². The zero-order valence-electron chi connectivity index (χ0n) is 22.9. The van der Waals surface area contributed by atoms with Gasteiger partial charge in [-0.05, 0) is 34.9 Å². The van der Waals surface area contributed by atoms with E-state index in [1.165, 1.54) is 38.2 Å². The van der Waals surface area contributed by atoms with Crippen LogP contribution in [0.1, 0.15) is 28.0 Å². The molecule has 2 atom stereocenters. The van der Waals surface area contributed by atoms with Gasteiger partial charge >= 0.3 is 0 Å². The molecule has 2 aliphatic rings. The van der Waals surface area contributed by atoms with Crippen molar-refractivity contribution in [2.45, 2.75) is 16.1 Å². The summed E-state index contributed by atoms with van der Waals surface area (Å²) in [4.78, 5) is 12.0. The van der Waals surface area contributed by atoms with Crippen LogP contribution in [0, 0.1) is 0 Å². The lowest BCUT2D eigenvalue weighted by Gasteiger charge is -2.30. The Balaban J connectivity index is 1.36. The van der Waals surface area contributed by atoms with Crippen LogP contribution in [0.3, 0.4) is 0 Å². The van der Waals surface area contributed by atoms with Crippen LogP contribution in [0.25, 0.3) is 61.3 Å². The van der Waals surface area contributed by atoms with Gasteiger partial charge in [0.2, 0.25) is 11.7 Å². The fourth-order valence-electron chi connectivity index (χ4n) is 7.29. The van der Waals surface area contributed by atoms with Crippen molar-refractivity contribution in [1.29, 1.82) is 0 Å². The minimum atomic E-state index is 0.161. The molecule has 0 spiro atoms. The predicted molar refractivity (Wildman–Crippen MR) is 174 cm³/mol. The Labute approximate surface area is 251 Å². The van der Waals surface area contributed by atoms with Crippen molar-refractivity contribution in [3.05, 3.63) is 144 Å². The Morgan fingerprint density at radius 3 is 2.28 bits per heavy atom. The molecule has 43 heavy (non-hydrogen) atoms. The SMILES string of the molecule is c1ccc(-c2nc(-n3c4c(c5ccccc53)-c3ccccc3C3Sc5ccccc5C43)nc3oc4ccccc4c23)cc1. The lowest BCUT2D eigenvalue weighted by molar-refractivity contribution is 0.649. The van der Waals surface area contributed by atoms with E-state index in [2.05, 4.69) is 108 Å². The van der Waals surface area contributed by atoms with Crippen molar-refractivity contribution in [2.24, 2.45) is 0 Å². The third-order valence-electron chi connectivity index (χ3n) is 9.03. The van der Waals surface area contributed by atoms with Gasteiger partial charge in [-0.15, -0.1) is 11.8 Å². The van der Waals surface area contributed by atoms with Crippen LogP contribution in [0.4, 0.5) is 0 Å². The van der Waals surface area contributed by atoms with E-state index in [1.54, 1.807) is 0 Å². The van der Waals surface area contributed by atoms with Crippen molar-refractivity contribution in [1.82, 2.24) is 14.5 Å². The molecule has 4 heterocycles. The second-order valence-corrected chi connectivity index (χ2v) is 12.5. The van der Waals surface area contributed by atoms with E-state index in [1.807, 2.05) is 36.0 Å². The van der Waals surface area contributed by atoms with E-state index >= 15 is 0 Å². The van der Waals surface area contributed by atoms with Crippen molar-refractivity contribution in [2.75, 3.05) is 0 Å². The molecule has 0 saturated carbocycles. The third kappa shape index (κ3) is 3.17. The first-order chi connectivity index (χ1) is 21.3. The fourth-order valence-corrected chi connectivity index (χ4v) is 8.79. The number of furan rings is 1. The Kier molecular flexibility index (Phi) is 4.74. The van der Waals surface area contributed by atoms with Gasteiger partial charge in [0.1, 0.15) is 5.58 Å². The molecule has 0 radical (unpaired) electrons. The maximum Gasteiger partial charge on any atom is 0.238 e. The first-order valence-corrected chi connectivity index (χ1v) is 15.5. The summed E-state index contributed by atoms with van der Waals surface area (Å²) in [6, 6.07) is 45.0. The van der Waals surface area contributed by atoms with Crippen molar-refractivity contribution < 1.29 is 4.42 Å². The van der Waals surface area contributed by atoms with Gasteiger partial charge in [0, 0.05) is 43.7 Å². The molecule has 8 aromatic rings. The highest BCUT2D eigenvalue weighted by Gasteiger charge is 2.44. The van der Waals surface area contributed by atoms with Gasteiger partial charge in [0.15, 0.2) is 0 Å². The normalized spacial score (nSPS) is 16.7. The molecule has 0 amide bonds. The van der Waals surface area contributed by atoms with Crippen LogP contribution in [0.5, 0.6) is 0 Å². The number of hydrogen-bond donors (Lipinski definition) is 0. The van der Waals surface area contributed by atoms with E-state index in [0.29, 0.717) is 11.7 Å². The van der Waals surface area contributed by atoms with E-state index in [-0.39, 0.29) is 11.2 Å².